The van der Waals surface area contributed by atoms with Gasteiger partial charge >= 0.3 is 0 Å². The van der Waals surface area contributed by atoms with Crippen LogP contribution in [0.1, 0.15) is 32.1 Å². The van der Waals surface area contributed by atoms with Gasteiger partial charge in [-0.3, -0.25) is 4.79 Å². The Bertz CT molecular complexity index is 658. The highest BCUT2D eigenvalue weighted by atomic mass is 32.2. The average molecular weight is 352 g/mol. The van der Waals surface area contributed by atoms with Crippen LogP contribution in [-0.2, 0) is 19.6 Å². The van der Waals surface area contributed by atoms with Gasteiger partial charge in [-0.2, -0.15) is 4.31 Å². The van der Waals surface area contributed by atoms with Crippen molar-refractivity contribution in [3.63, 3.8) is 0 Å². The van der Waals surface area contributed by atoms with Gasteiger partial charge in [0.1, 0.15) is 0 Å². The number of sulfonamides is 1. The molecule has 6 nitrogen and oxygen atoms in total. The predicted octanol–water partition coefficient (Wildman–Crippen LogP) is 2.23. The highest BCUT2D eigenvalue weighted by molar-refractivity contribution is 7.89. The molecular weight excluding hydrogens is 328 g/mol. The normalized spacial score (nSPS) is 22.9. The molecule has 1 aromatic carbocycles. The van der Waals surface area contributed by atoms with Crippen LogP contribution >= 0.6 is 0 Å². The van der Waals surface area contributed by atoms with E-state index in [1.165, 1.54) is 0 Å². The second-order valence-corrected chi connectivity index (χ2v) is 8.33. The quantitative estimate of drug-likeness (QED) is 0.901. The zero-order valence-electron chi connectivity index (χ0n) is 13.7. The number of nitrogens with one attached hydrogen (secondary N) is 1. The van der Waals surface area contributed by atoms with E-state index in [1.54, 1.807) is 28.6 Å². The fourth-order valence-corrected chi connectivity index (χ4v) is 4.64. The molecule has 2 aliphatic heterocycles. The molecule has 2 fully saturated rings. The van der Waals surface area contributed by atoms with Gasteiger partial charge in [0.25, 0.3) is 0 Å². The molecule has 24 heavy (non-hydrogen) atoms. The third-order valence-electron chi connectivity index (χ3n) is 4.63. The minimum absolute atomic E-state index is 0.0735. The van der Waals surface area contributed by atoms with Crippen molar-refractivity contribution in [2.75, 3.05) is 31.6 Å². The molecule has 132 valence electrons. The minimum atomic E-state index is -3.45. The van der Waals surface area contributed by atoms with Gasteiger partial charge < -0.3 is 10.1 Å². The Labute approximate surface area is 143 Å². The van der Waals surface area contributed by atoms with Crippen molar-refractivity contribution < 1.29 is 17.9 Å². The van der Waals surface area contributed by atoms with E-state index in [0.29, 0.717) is 32.0 Å². The van der Waals surface area contributed by atoms with Gasteiger partial charge in [0.2, 0.25) is 15.9 Å². The number of benzene rings is 1. The monoisotopic (exact) mass is 352 g/mol. The first kappa shape index (κ1) is 17.4. The van der Waals surface area contributed by atoms with Crippen LogP contribution < -0.4 is 5.32 Å². The molecule has 0 saturated carbocycles. The molecule has 1 aromatic rings. The first-order valence-corrected chi connectivity index (χ1v) is 10.0. The number of hydrogen-bond acceptors (Lipinski definition) is 4. The van der Waals surface area contributed by atoms with Crippen LogP contribution in [0.25, 0.3) is 0 Å². The van der Waals surface area contributed by atoms with Crippen molar-refractivity contribution in [1.82, 2.24) is 4.31 Å². The zero-order valence-corrected chi connectivity index (χ0v) is 14.6. The van der Waals surface area contributed by atoms with Crippen molar-refractivity contribution in [2.45, 2.75) is 37.0 Å². The molecule has 2 aliphatic rings. The van der Waals surface area contributed by atoms with E-state index < -0.39 is 10.0 Å². The van der Waals surface area contributed by atoms with E-state index in [-0.39, 0.29) is 16.7 Å². The molecule has 3 rings (SSSR count). The molecule has 1 amide bonds. The fraction of sp³-hybridized carbons (Fsp3) is 0.588. The highest BCUT2D eigenvalue weighted by Crippen LogP contribution is 2.22. The maximum atomic E-state index is 12.7. The second-order valence-electron chi connectivity index (χ2n) is 6.39. The van der Waals surface area contributed by atoms with Crippen LogP contribution in [0.2, 0.25) is 0 Å². The lowest BCUT2D eigenvalue weighted by Crippen LogP contribution is -2.31. The molecule has 2 heterocycles. The summed E-state index contributed by atoms with van der Waals surface area (Å²) in [7, 11) is -3.45. The second kappa shape index (κ2) is 7.63. The standard InChI is InChI=1S/C17H24N2O4S/c20-17(14-9-12-23-13-14)18-15-5-7-16(8-6-15)24(21,22)19-10-3-1-2-4-11-19/h5-8,14H,1-4,9-13H2,(H,18,20). The average Bonchev–Trinajstić information content (AvgIpc) is 2.97. The number of anilines is 1. The predicted molar refractivity (Wildman–Crippen MR) is 91.2 cm³/mol. The number of carbonyl (C=O) groups is 1. The maximum absolute atomic E-state index is 12.7. The van der Waals surface area contributed by atoms with Crippen LogP contribution in [0.4, 0.5) is 5.69 Å². The van der Waals surface area contributed by atoms with Crippen molar-refractivity contribution >= 4 is 21.6 Å². The van der Waals surface area contributed by atoms with Crippen LogP contribution in [0.15, 0.2) is 29.2 Å². The molecule has 1 atom stereocenters. The number of ether oxygens (including phenoxy) is 1. The van der Waals surface area contributed by atoms with Crippen molar-refractivity contribution in [3.8, 4) is 0 Å². The molecule has 0 spiro atoms. The molecule has 0 aromatic heterocycles. The fourth-order valence-electron chi connectivity index (χ4n) is 3.13. The molecule has 0 bridgehead atoms. The molecular formula is C17H24N2O4S. The maximum Gasteiger partial charge on any atom is 0.243 e. The van der Waals surface area contributed by atoms with Gasteiger partial charge in [-0.15, -0.1) is 0 Å². The summed E-state index contributed by atoms with van der Waals surface area (Å²) in [4.78, 5) is 12.3. The third kappa shape index (κ3) is 3.96. The smallest absolute Gasteiger partial charge is 0.243 e. The first-order chi connectivity index (χ1) is 11.6. The summed E-state index contributed by atoms with van der Waals surface area (Å²) in [5.41, 5.74) is 0.613. The van der Waals surface area contributed by atoms with Crippen molar-refractivity contribution in [1.29, 1.82) is 0 Å². The highest BCUT2D eigenvalue weighted by Gasteiger charge is 2.26. The summed E-state index contributed by atoms with van der Waals surface area (Å²) in [6.45, 7) is 2.24. The zero-order chi connectivity index (χ0) is 17.0. The molecule has 0 aliphatic carbocycles. The van der Waals surface area contributed by atoms with Gasteiger partial charge in [0.15, 0.2) is 0 Å². The Morgan fingerprint density at radius 3 is 2.33 bits per heavy atom. The number of nitrogens with zero attached hydrogens (tertiary/aromatic N) is 1. The van der Waals surface area contributed by atoms with Gasteiger partial charge in [-0.25, -0.2) is 8.42 Å². The summed E-state index contributed by atoms with van der Waals surface area (Å²) in [6.07, 6.45) is 4.73. The lowest BCUT2D eigenvalue weighted by Gasteiger charge is -2.20. The first-order valence-electron chi connectivity index (χ1n) is 8.56. The Kier molecular flexibility index (Phi) is 5.53. The van der Waals surface area contributed by atoms with Crippen molar-refractivity contribution in [3.05, 3.63) is 24.3 Å². The molecule has 1 unspecified atom stereocenters. The number of amides is 1. The molecule has 0 radical (unpaired) electrons. The molecule has 1 N–H and O–H groups in total. The van der Waals surface area contributed by atoms with Crippen LogP contribution in [0.5, 0.6) is 0 Å². The van der Waals surface area contributed by atoms with Gasteiger partial charge in [-0.1, -0.05) is 12.8 Å². The number of carbonyl (C=O) groups excluding carboxylic acids is 1. The lowest BCUT2D eigenvalue weighted by atomic mass is 10.1. The van der Waals surface area contributed by atoms with Crippen LogP contribution in [0, 0.1) is 5.92 Å². The topological polar surface area (TPSA) is 75.7 Å². The van der Waals surface area contributed by atoms with Gasteiger partial charge in [0.05, 0.1) is 17.4 Å². The summed E-state index contributed by atoms with van der Waals surface area (Å²) in [5.74, 6) is -0.193. The Hall–Kier alpha value is -1.44. The lowest BCUT2D eigenvalue weighted by molar-refractivity contribution is -0.119. The summed E-state index contributed by atoms with van der Waals surface area (Å²) in [5, 5.41) is 2.82. The van der Waals surface area contributed by atoms with Gasteiger partial charge in [-0.05, 0) is 43.5 Å². The van der Waals surface area contributed by atoms with Gasteiger partial charge in [0, 0.05) is 25.4 Å². The molecule has 2 saturated heterocycles. The van der Waals surface area contributed by atoms with E-state index >= 15 is 0 Å². The van der Waals surface area contributed by atoms with E-state index in [2.05, 4.69) is 5.32 Å². The number of hydrogen-bond donors (Lipinski definition) is 1. The SMILES string of the molecule is O=C(Nc1ccc(S(=O)(=O)N2CCCCCC2)cc1)C1CCOC1. The van der Waals surface area contributed by atoms with E-state index in [4.69, 9.17) is 4.74 Å². The Morgan fingerprint density at radius 2 is 1.75 bits per heavy atom. The summed E-state index contributed by atoms with van der Waals surface area (Å²) in [6, 6.07) is 6.44. The summed E-state index contributed by atoms with van der Waals surface area (Å²) < 4.78 is 32.2. The molecule has 7 heteroatoms. The van der Waals surface area contributed by atoms with Crippen LogP contribution in [0.3, 0.4) is 0 Å². The van der Waals surface area contributed by atoms with Crippen LogP contribution in [-0.4, -0.2) is 44.9 Å². The number of rotatable bonds is 4. The van der Waals surface area contributed by atoms with E-state index in [1.807, 2.05) is 0 Å². The van der Waals surface area contributed by atoms with E-state index in [9.17, 15) is 13.2 Å². The van der Waals surface area contributed by atoms with E-state index in [0.717, 1.165) is 32.1 Å². The van der Waals surface area contributed by atoms with Crippen molar-refractivity contribution in [2.24, 2.45) is 5.92 Å². The summed E-state index contributed by atoms with van der Waals surface area (Å²) >= 11 is 0. The Morgan fingerprint density at radius 1 is 1.08 bits per heavy atom. The minimum Gasteiger partial charge on any atom is -0.381 e. The Balaban J connectivity index is 1.67. The third-order valence-corrected chi connectivity index (χ3v) is 6.54. The largest absolute Gasteiger partial charge is 0.381 e.